The number of carbonyl (C=O) groups is 2. The number of halogens is 1. The molecule has 1 fully saturated rings. The maximum Gasteiger partial charge on any atom is 0.220 e. The quantitative estimate of drug-likeness (QED) is 0.383. The third kappa shape index (κ3) is 6.66. The minimum absolute atomic E-state index is 0.00459. The fourth-order valence-electron chi connectivity index (χ4n) is 5.46. The maximum absolute atomic E-state index is 14.6. The number of ether oxygens (including phenoxy) is 1. The fourth-order valence-corrected chi connectivity index (χ4v) is 5.46. The van der Waals surface area contributed by atoms with Gasteiger partial charge in [-0.25, -0.2) is 4.39 Å². The van der Waals surface area contributed by atoms with E-state index in [2.05, 4.69) is 5.32 Å². The van der Waals surface area contributed by atoms with Crippen molar-refractivity contribution in [1.82, 2.24) is 5.32 Å². The monoisotopic (exact) mass is 486 g/mol. The van der Waals surface area contributed by atoms with Crippen LogP contribution in [0.2, 0.25) is 0 Å². The highest BCUT2D eigenvalue weighted by molar-refractivity contribution is 5.99. The van der Waals surface area contributed by atoms with E-state index >= 15 is 0 Å². The highest BCUT2D eigenvalue weighted by atomic mass is 19.1. The number of amides is 1. The third-order valence-electron chi connectivity index (χ3n) is 6.98. The molecule has 2 aromatic carbocycles. The number of nitrogens with one attached hydrogen (secondary N) is 1. The number of carbonyl (C=O) groups excluding carboxylic acids is 2. The summed E-state index contributed by atoms with van der Waals surface area (Å²) in [6.45, 7) is 4.45. The van der Waals surface area contributed by atoms with Crippen LogP contribution in [-0.2, 0) is 9.53 Å². The molecule has 190 valence electrons. The molecule has 3 rings (SSSR count). The Hall–Kier alpha value is -2.81. The number of phenols is 1. The van der Waals surface area contributed by atoms with Crippen LogP contribution >= 0.6 is 0 Å². The molecule has 0 aromatic heterocycles. The summed E-state index contributed by atoms with van der Waals surface area (Å²) in [4.78, 5) is 24.7. The molecule has 1 aliphatic rings. The van der Waals surface area contributed by atoms with Gasteiger partial charge >= 0.3 is 0 Å². The first-order valence-corrected chi connectivity index (χ1v) is 11.8. The van der Waals surface area contributed by atoms with Crippen molar-refractivity contribution in [2.45, 2.75) is 50.7 Å². The minimum Gasteiger partial charge on any atom is -0.508 e. The van der Waals surface area contributed by atoms with E-state index in [-0.39, 0.29) is 47.9 Å². The van der Waals surface area contributed by atoms with Gasteiger partial charge in [-0.05, 0) is 86.9 Å². The highest BCUT2D eigenvalue weighted by Crippen LogP contribution is 2.43. The third-order valence-corrected chi connectivity index (χ3v) is 6.98. The Morgan fingerprint density at radius 3 is 2.57 bits per heavy atom. The number of phenolic OH excluding ortho intramolecular Hbond substituents is 1. The van der Waals surface area contributed by atoms with E-state index in [1.165, 1.54) is 25.3 Å². The van der Waals surface area contributed by atoms with Gasteiger partial charge in [-0.1, -0.05) is 24.3 Å². The molecular formula is C27H35FN2O5. The van der Waals surface area contributed by atoms with Crippen molar-refractivity contribution < 1.29 is 28.9 Å². The number of piperidine rings is 1. The van der Waals surface area contributed by atoms with Crippen LogP contribution in [0.25, 0.3) is 0 Å². The van der Waals surface area contributed by atoms with Crippen LogP contribution in [0, 0.1) is 24.6 Å². The molecule has 35 heavy (non-hydrogen) atoms. The van der Waals surface area contributed by atoms with Crippen LogP contribution < -0.4 is 11.1 Å². The van der Waals surface area contributed by atoms with E-state index in [1.54, 1.807) is 32.0 Å². The van der Waals surface area contributed by atoms with Gasteiger partial charge in [-0.15, -0.1) is 0 Å². The Kier molecular flexibility index (Phi) is 8.64. The molecule has 2 aromatic rings. The number of aliphatic hydroxyl groups is 1. The van der Waals surface area contributed by atoms with Gasteiger partial charge in [0, 0.05) is 12.7 Å². The number of primary amides is 1. The first-order valence-electron chi connectivity index (χ1n) is 11.8. The van der Waals surface area contributed by atoms with Crippen LogP contribution in [0.5, 0.6) is 5.75 Å². The molecule has 0 aliphatic carbocycles. The average Bonchev–Trinajstić information content (AvgIpc) is 2.78. The summed E-state index contributed by atoms with van der Waals surface area (Å²) in [5, 5.41) is 24.1. The molecule has 1 aliphatic heterocycles. The van der Waals surface area contributed by atoms with Crippen molar-refractivity contribution in [1.29, 1.82) is 0 Å². The zero-order chi connectivity index (χ0) is 25.8. The largest absolute Gasteiger partial charge is 0.508 e. The first-order chi connectivity index (χ1) is 16.5. The number of nitrogens with two attached hydrogens (primary N) is 1. The van der Waals surface area contributed by atoms with E-state index in [0.29, 0.717) is 30.6 Å². The highest BCUT2D eigenvalue weighted by Gasteiger charge is 2.41. The number of hydrogen-bond donors (Lipinski definition) is 4. The Bertz CT molecular complexity index is 1060. The molecular weight excluding hydrogens is 451 g/mol. The zero-order valence-corrected chi connectivity index (χ0v) is 20.5. The summed E-state index contributed by atoms with van der Waals surface area (Å²) in [7, 11) is 1.47. The van der Waals surface area contributed by atoms with Crippen LogP contribution in [0.4, 0.5) is 4.39 Å². The second-order valence-electron chi connectivity index (χ2n) is 9.88. The second kappa shape index (κ2) is 11.3. The van der Waals surface area contributed by atoms with Crippen molar-refractivity contribution >= 4 is 11.7 Å². The lowest BCUT2D eigenvalue weighted by Gasteiger charge is -2.43. The van der Waals surface area contributed by atoms with E-state index < -0.39 is 17.6 Å². The van der Waals surface area contributed by atoms with Crippen molar-refractivity contribution in [3.05, 3.63) is 65.0 Å². The van der Waals surface area contributed by atoms with Gasteiger partial charge < -0.3 is 26.0 Å². The van der Waals surface area contributed by atoms with E-state index in [1.807, 2.05) is 6.07 Å². The number of hydrogen-bond acceptors (Lipinski definition) is 6. The van der Waals surface area contributed by atoms with Crippen LogP contribution in [0.15, 0.2) is 42.5 Å². The number of rotatable bonds is 10. The number of Topliss-reactive ketones (excluding diaryl/α,β-unsaturated/α-hetero) is 1. The number of benzene rings is 2. The number of ketones is 1. The lowest BCUT2D eigenvalue weighted by atomic mass is 9.67. The van der Waals surface area contributed by atoms with Gasteiger partial charge in [0.15, 0.2) is 5.78 Å². The van der Waals surface area contributed by atoms with Gasteiger partial charge in [0.2, 0.25) is 5.91 Å². The standard InChI is InChI=1S/C27H35FN2O5/c1-16-21(8-5-9-22(16)28)25-18(14-30-15-19(25)12-27(2,34)13-24(29)32)11-23(35-3)26(33)17-6-4-7-20(31)10-17/h4-10,18-19,23,25,30-31,34H,11-15H2,1-3H3,(H2,29,32)/t18-,19+,23?,25-,27?/m0/s1. The van der Waals surface area contributed by atoms with Gasteiger partial charge in [0.05, 0.1) is 12.0 Å². The van der Waals surface area contributed by atoms with Gasteiger partial charge in [-0.2, -0.15) is 0 Å². The summed E-state index contributed by atoms with van der Waals surface area (Å²) < 4.78 is 20.2. The number of aromatic hydroxyl groups is 1. The molecule has 0 saturated carbocycles. The molecule has 5 N–H and O–H groups in total. The van der Waals surface area contributed by atoms with Crippen molar-refractivity contribution in [3.8, 4) is 5.75 Å². The average molecular weight is 487 g/mol. The Morgan fingerprint density at radius 2 is 1.91 bits per heavy atom. The number of methoxy groups -OCH3 is 1. The zero-order valence-electron chi connectivity index (χ0n) is 20.5. The smallest absolute Gasteiger partial charge is 0.220 e. The molecule has 1 amide bonds. The van der Waals surface area contributed by atoms with Crippen molar-refractivity contribution in [2.75, 3.05) is 20.2 Å². The molecule has 8 heteroatoms. The lowest BCUT2D eigenvalue weighted by Crippen LogP contribution is -2.47. The SMILES string of the molecule is COC(C[C@H]1CNC[C@@H](CC(C)(O)CC(N)=O)[C@H]1c1cccc(F)c1C)C(=O)c1cccc(O)c1. The van der Waals surface area contributed by atoms with E-state index in [9.17, 15) is 24.2 Å². The van der Waals surface area contributed by atoms with Crippen molar-refractivity contribution in [3.63, 3.8) is 0 Å². The summed E-state index contributed by atoms with van der Waals surface area (Å²) in [5.41, 5.74) is 5.71. The second-order valence-corrected chi connectivity index (χ2v) is 9.88. The summed E-state index contributed by atoms with van der Waals surface area (Å²) in [6, 6.07) is 11.1. The lowest BCUT2D eigenvalue weighted by molar-refractivity contribution is -0.123. The Morgan fingerprint density at radius 1 is 1.23 bits per heavy atom. The molecule has 0 radical (unpaired) electrons. The van der Waals surface area contributed by atoms with E-state index in [0.717, 1.165) is 5.56 Å². The first kappa shape index (κ1) is 26.8. The molecule has 0 bridgehead atoms. The van der Waals surface area contributed by atoms with Crippen LogP contribution in [0.3, 0.4) is 0 Å². The topological polar surface area (TPSA) is 122 Å². The van der Waals surface area contributed by atoms with Crippen LogP contribution in [0.1, 0.15) is 53.6 Å². The predicted octanol–water partition coefficient (Wildman–Crippen LogP) is 3.06. The predicted molar refractivity (Wildman–Crippen MR) is 131 cm³/mol. The Balaban J connectivity index is 1.95. The molecule has 1 saturated heterocycles. The summed E-state index contributed by atoms with van der Waals surface area (Å²) >= 11 is 0. The summed E-state index contributed by atoms with van der Waals surface area (Å²) in [5.74, 6) is -1.62. The Labute approximate surface area is 205 Å². The summed E-state index contributed by atoms with van der Waals surface area (Å²) in [6.07, 6.45) is -0.324. The van der Waals surface area contributed by atoms with E-state index in [4.69, 9.17) is 10.5 Å². The minimum atomic E-state index is -1.32. The van der Waals surface area contributed by atoms with Crippen molar-refractivity contribution in [2.24, 2.45) is 17.6 Å². The molecule has 0 spiro atoms. The molecule has 5 atom stereocenters. The normalized spacial score (nSPS) is 22.8. The molecule has 7 nitrogen and oxygen atoms in total. The molecule has 2 unspecified atom stereocenters. The van der Waals surface area contributed by atoms with Gasteiger partial charge in [0.25, 0.3) is 0 Å². The maximum atomic E-state index is 14.6. The van der Waals surface area contributed by atoms with Crippen LogP contribution in [-0.4, -0.2) is 53.8 Å². The van der Waals surface area contributed by atoms with Gasteiger partial charge in [0.1, 0.15) is 17.7 Å². The fraction of sp³-hybridized carbons (Fsp3) is 0.481. The molecule has 1 heterocycles. The van der Waals surface area contributed by atoms with Gasteiger partial charge in [-0.3, -0.25) is 9.59 Å².